The number of benzene rings is 3. The molecule has 41 heavy (non-hydrogen) atoms. The molecule has 4 rings (SSSR count). The Balaban J connectivity index is 1.82. The Bertz CT molecular complexity index is 1550. The number of hydrogen-bond donors (Lipinski definition) is 1. The second-order valence-electron chi connectivity index (χ2n) is 9.17. The van der Waals surface area contributed by atoms with E-state index in [9.17, 15) is 22.8 Å². The normalized spacial score (nSPS) is 12.2. The van der Waals surface area contributed by atoms with E-state index in [4.69, 9.17) is 14.5 Å². The van der Waals surface area contributed by atoms with Crippen molar-refractivity contribution in [2.45, 2.75) is 32.5 Å². The van der Waals surface area contributed by atoms with Crippen LogP contribution in [0.3, 0.4) is 0 Å². The maximum Gasteiger partial charge on any atom is 0.416 e. The van der Waals surface area contributed by atoms with Gasteiger partial charge in [-0.2, -0.15) is 13.2 Å². The van der Waals surface area contributed by atoms with Gasteiger partial charge in [0.05, 0.1) is 41.4 Å². The van der Waals surface area contributed by atoms with Crippen molar-refractivity contribution in [3.63, 3.8) is 0 Å². The third-order valence-electron chi connectivity index (χ3n) is 6.51. The highest BCUT2D eigenvalue weighted by molar-refractivity contribution is 5.89. The number of hydrogen-bond acceptors (Lipinski definition) is 5. The maximum absolute atomic E-state index is 13.9. The molecule has 4 aromatic rings. The monoisotopic (exact) mass is 568 g/mol. The number of anilines is 1. The largest absolute Gasteiger partial charge is 0.494 e. The van der Waals surface area contributed by atoms with E-state index in [1.54, 1.807) is 48.5 Å². The Morgan fingerprint density at radius 1 is 1.05 bits per heavy atom. The van der Waals surface area contributed by atoms with Crippen LogP contribution in [0.2, 0.25) is 0 Å². The molecule has 0 aliphatic carbocycles. The Morgan fingerprint density at radius 3 is 2.44 bits per heavy atom. The van der Waals surface area contributed by atoms with Crippen molar-refractivity contribution in [3.05, 3.63) is 94.5 Å². The number of amides is 2. The molecular formula is C30H31F3N4O4. The fraction of sp³-hybridized carbons (Fsp3) is 0.300. The molecule has 1 atom stereocenters. The summed E-state index contributed by atoms with van der Waals surface area (Å²) in [4.78, 5) is 33.7. The van der Waals surface area contributed by atoms with Crippen molar-refractivity contribution in [1.82, 2.24) is 14.5 Å². The SMILES string of the molecule is CCOc1ccc(-n2c(C(CC)N(CCOC)C(=O)Nc3cccc(C(F)(F)F)c3)nc3ccccc3c2=O)cc1. The molecule has 2 amide bonds. The van der Waals surface area contributed by atoms with Gasteiger partial charge in [0.1, 0.15) is 11.6 Å². The molecule has 0 spiro atoms. The molecule has 0 saturated carbocycles. The summed E-state index contributed by atoms with van der Waals surface area (Å²) in [6.45, 7) is 4.43. The van der Waals surface area contributed by atoms with E-state index in [-0.39, 0.29) is 24.4 Å². The van der Waals surface area contributed by atoms with Crippen LogP contribution in [0.5, 0.6) is 5.75 Å². The minimum atomic E-state index is -4.56. The number of aromatic nitrogens is 2. The summed E-state index contributed by atoms with van der Waals surface area (Å²) < 4.78 is 52.1. The molecule has 1 unspecified atom stereocenters. The van der Waals surface area contributed by atoms with E-state index in [1.165, 1.54) is 28.7 Å². The first-order valence-corrected chi connectivity index (χ1v) is 13.2. The van der Waals surface area contributed by atoms with Crippen molar-refractivity contribution in [1.29, 1.82) is 0 Å². The van der Waals surface area contributed by atoms with Gasteiger partial charge in [0, 0.05) is 19.3 Å². The number of methoxy groups -OCH3 is 1. The van der Waals surface area contributed by atoms with Gasteiger partial charge >= 0.3 is 12.2 Å². The van der Waals surface area contributed by atoms with Crippen molar-refractivity contribution in [3.8, 4) is 11.4 Å². The highest BCUT2D eigenvalue weighted by atomic mass is 19.4. The summed E-state index contributed by atoms with van der Waals surface area (Å²) in [6, 6.07) is 16.9. The van der Waals surface area contributed by atoms with Gasteiger partial charge < -0.3 is 19.7 Å². The molecular weight excluding hydrogens is 537 g/mol. The van der Waals surface area contributed by atoms with E-state index in [2.05, 4.69) is 5.32 Å². The van der Waals surface area contributed by atoms with Gasteiger partial charge in [-0.05, 0) is 67.9 Å². The summed E-state index contributed by atoms with van der Waals surface area (Å²) in [5.74, 6) is 0.935. The molecule has 1 heterocycles. The predicted molar refractivity (Wildman–Crippen MR) is 151 cm³/mol. The zero-order valence-corrected chi connectivity index (χ0v) is 22.9. The number of halogens is 3. The van der Waals surface area contributed by atoms with Crippen LogP contribution in [-0.4, -0.2) is 47.4 Å². The van der Waals surface area contributed by atoms with E-state index < -0.39 is 23.8 Å². The number of ether oxygens (including phenoxy) is 2. The van der Waals surface area contributed by atoms with Crippen LogP contribution < -0.4 is 15.6 Å². The second-order valence-corrected chi connectivity index (χ2v) is 9.17. The minimum absolute atomic E-state index is 0.0162. The van der Waals surface area contributed by atoms with Crippen LogP contribution in [0.25, 0.3) is 16.6 Å². The van der Waals surface area contributed by atoms with Crippen LogP contribution >= 0.6 is 0 Å². The highest BCUT2D eigenvalue weighted by Crippen LogP contribution is 2.31. The molecule has 3 aromatic carbocycles. The van der Waals surface area contributed by atoms with Crippen molar-refractivity contribution >= 4 is 22.6 Å². The third-order valence-corrected chi connectivity index (χ3v) is 6.51. The lowest BCUT2D eigenvalue weighted by molar-refractivity contribution is -0.137. The zero-order chi connectivity index (χ0) is 29.6. The standard InChI is InChI=1S/C30H31F3N4O4/c1-4-26(36(17-18-40-3)29(39)34-21-10-8-9-20(19-21)30(31,32)33)27-35-25-12-7-6-11-24(25)28(38)37(27)22-13-15-23(16-14-22)41-5-2/h6-16,19,26H,4-5,17-18H2,1-3H3,(H,34,39). The van der Waals surface area contributed by atoms with E-state index >= 15 is 0 Å². The number of alkyl halides is 3. The average molecular weight is 569 g/mol. The second kappa shape index (κ2) is 12.9. The fourth-order valence-electron chi connectivity index (χ4n) is 4.58. The molecule has 0 aliphatic rings. The molecule has 1 N–H and O–H groups in total. The smallest absolute Gasteiger partial charge is 0.416 e. The van der Waals surface area contributed by atoms with Crippen molar-refractivity contribution in [2.24, 2.45) is 0 Å². The maximum atomic E-state index is 13.9. The molecule has 216 valence electrons. The van der Waals surface area contributed by atoms with Crippen molar-refractivity contribution < 1.29 is 27.4 Å². The summed E-state index contributed by atoms with van der Waals surface area (Å²) in [6.07, 6.45) is -4.22. The molecule has 0 fully saturated rings. The van der Waals surface area contributed by atoms with Gasteiger partial charge in [0.25, 0.3) is 5.56 Å². The van der Waals surface area contributed by atoms with Crippen LogP contribution in [-0.2, 0) is 10.9 Å². The number of para-hydroxylation sites is 1. The lowest BCUT2D eigenvalue weighted by atomic mass is 10.1. The number of carbonyl (C=O) groups is 1. The van der Waals surface area contributed by atoms with Gasteiger partial charge in [-0.25, -0.2) is 9.78 Å². The van der Waals surface area contributed by atoms with Crippen molar-refractivity contribution in [2.75, 3.05) is 32.2 Å². The summed E-state index contributed by atoms with van der Waals surface area (Å²) in [7, 11) is 1.48. The number of fused-ring (bicyclic) bond motifs is 1. The molecule has 0 radical (unpaired) electrons. The van der Waals surface area contributed by atoms with Gasteiger partial charge in [-0.15, -0.1) is 0 Å². The summed E-state index contributed by atoms with van der Waals surface area (Å²) in [5, 5.41) is 2.98. The first-order chi connectivity index (χ1) is 19.7. The highest BCUT2D eigenvalue weighted by Gasteiger charge is 2.32. The third kappa shape index (κ3) is 6.68. The molecule has 0 saturated heterocycles. The van der Waals surface area contributed by atoms with Gasteiger partial charge in [-0.1, -0.05) is 25.1 Å². The first kappa shape index (κ1) is 29.6. The van der Waals surface area contributed by atoms with E-state index in [0.29, 0.717) is 41.2 Å². The summed E-state index contributed by atoms with van der Waals surface area (Å²) >= 11 is 0. The Labute approximate surface area is 235 Å². The number of carbonyl (C=O) groups excluding carboxylic acids is 1. The number of urea groups is 1. The van der Waals surface area contributed by atoms with Crippen LogP contribution in [0.15, 0.2) is 77.6 Å². The molecule has 1 aromatic heterocycles. The number of rotatable bonds is 10. The average Bonchev–Trinajstić information content (AvgIpc) is 2.96. The van der Waals surface area contributed by atoms with Crippen LogP contribution in [0, 0.1) is 0 Å². The molecule has 0 bridgehead atoms. The minimum Gasteiger partial charge on any atom is -0.494 e. The molecule has 11 heteroatoms. The number of nitrogens with one attached hydrogen (secondary N) is 1. The Morgan fingerprint density at radius 2 is 1.78 bits per heavy atom. The lowest BCUT2D eigenvalue weighted by Crippen LogP contribution is -2.42. The summed E-state index contributed by atoms with van der Waals surface area (Å²) in [5.41, 5.74) is -0.241. The van der Waals surface area contributed by atoms with E-state index in [0.717, 1.165) is 12.1 Å². The Hall–Kier alpha value is -4.38. The Kier molecular flexibility index (Phi) is 9.28. The van der Waals surface area contributed by atoms with Gasteiger partial charge in [-0.3, -0.25) is 9.36 Å². The topological polar surface area (TPSA) is 85.7 Å². The lowest BCUT2D eigenvalue weighted by Gasteiger charge is -2.32. The molecule has 8 nitrogen and oxygen atoms in total. The van der Waals surface area contributed by atoms with Gasteiger partial charge in [0.2, 0.25) is 0 Å². The molecule has 0 aliphatic heterocycles. The van der Waals surface area contributed by atoms with Gasteiger partial charge in [0.15, 0.2) is 0 Å². The fourth-order valence-corrected chi connectivity index (χ4v) is 4.58. The zero-order valence-electron chi connectivity index (χ0n) is 22.9. The van der Waals surface area contributed by atoms with Crippen LogP contribution in [0.4, 0.5) is 23.7 Å². The predicted octanol–water partition coefficient (Wildman–Crippen LogP) is 6.43. The quantitative estimate of drug-likeness (QED) is 0.238. The van der Waals surface area contributed by atoms with Crippen LogP contribution in [0.1, 0.15) is 37.7 Å². The number of nitrogens with zero attached hydrogens (tertiary/aromatic N) is 3. The first-order valence-electron chi connectivity index (χ1n) is 13.2. The van der Waals surface area contributed by atoms with E-state index in [1.807, 2.05) is 13.8 Å².